The van der Waals surface area contributed by atoms with E-state index in [1.807, 2.05) is 18.4 Å². The van der Waals surface area contributed by atoms with Gasteiger partial charge in [0.05, 0.1) is 0 Å². The molecule has 2 rings (SSSR count). The van der Waals surface area contributed by atoms with Crippen molar-refractivity contribution in [1.29, 1.82) is 0 Å². The molecule has 0 amide bonds. The van der Waals surface area contributed by atoms with Gasteiger partial charge in [0.15, 0.2) is 5.13 Å². The molecule has 0 aliphatic heterocycles. The third-order valence-corrected chi connectivity index (χ3v) is 3.46. The molecule has 0 atom stereocenters. The Morgan fingerprint density at radius 3 is 2.85 bits per heavy atom. The highest BCUT2D eigenvalue weighted by Gasteiger charge is 2.06. The summed E-state index contributed by atoms with van der Waals surface area (Å²) in [5.74, 6) is 0. The molecule has 2 N–H and O–H groups in total. The average Bonchev–Trinajstić information content (AvgIpc) is 2.43. The summed E-state index contributed by atoms with van der Waals surface area (Å²) in [4.78, 5) is 1.04. The van der Waals surface area contributed by atoms with Crippen LogP contribution in [0.15, 0.2) is 23.1 Å². The molecule has 1 heterocycles. The second-order valence-electron chi connectivity index (χ2n) is 2.69. The van der Waals surface area contributed by atoms with Crippen LogP contribution in [0.5, 0.6) is 0 Å². The predicted molar refractivity (Wildman–Crippen MR) is 58.0 cm³/mol. The van der Waals surface area contributed by atoms with Crippen molar-refractivity contribution in [3.8, 4) is 0 Å². The Balaban J connectivity index is 2.80. The predicted octanol–water partition coefficient (Wildman–Crippen LogP) is 3.34. The number of thioether (sulfide) groups is 1. The van der Waals surface area contributed by atoms with Crippen LogP contribution in [0, 0.1) is 5.13 Å². The van der Waals surface area contributed by atoms with Gasteiger partial charge in [0, 0.05) is 20.7 Å². The quantitative estimate of drug-likeness (QED) is 0.580. The van der Waals surface area contributed by atoms with E-state index in [0.717, 1.165) is 26.3 Å². The van der Waals surface area contributed by atoms with Gasteiger partial charge in [0.1, 0.15) is 0 Å². The minimum atomic E-state index is -0.157. The molecule has 0 spiro atoms. The first-order valence-electron chi connectivity index (χ1n) is 3.73. The Kier molecular flexibility index (Phi) is 2.17. The zero-order chi connectivity index (χ0) is 9.42. The smallest absolute Gasteiger partial charge is 0.177 e. The van der Waals surface area contributed by atoms with E-state index in [2.05, 4.69) is 0 Å². The minimum absolute atomic E-state index is 0.157. The van der Waals surface area contributed by atoms with Crippen LogP contribution in [-0.4, -0.2) is 6.26 Å². The van der Waals surface area contributed by atoms with Gasteiger partial charge in [0.25, 0.3) is 0 Å². The van der Waals surface area contributed by atoms with Gasteiger partial charge in [-0.15, -0.1) is 23.1 Å². The number of halogens is 1. The molecule has 1 aromatic carbocycles. The Morgan fingerprint density at radius 1 is 1.38 bits per heavy atom. The second kappa shape index (κ2) is 3.20. The van der Waals surface area contributed by atoms with Crippen molar-refractivity contribution in [2.75, 3.05) is 12.0 Å². The molecule has 68 valence electrons. The Bertz CT molecular complexity index is 450. The van der Waals surface area contributed by atoms with E-state index in [-0.39, 0.29) is 5.13 Å². The van der Waals surface area contributed by atoms with Gasteiger partial charge in [-0.1, -0.05) is 0 Å². The summed E-state index contributed by atoms with van der Waals surface area (Å²) in [5.41, 5.74) is 6.37. The van der Waals surface area contributed by atoms with E-state index in [1.165, 1.54) is 0 Å². The normalized spacial score (nSPS) is 10.9. The summed E-state index contributed by atoms with van der Waals surface area (Å²) in [6.07, 6.45) is 1.96. The van der Waals surface area contributed by atoms with Crippen molar-refractivity contribution < 1.29 is 4.39 Å². The molecular formula is C9H8FNS2. The highest BCUT2D eigenvalue weighted by molar-refractivity contribution is 7.98. The molecule has 0 saturated carbocycles. The lowest BCUT2D eigenvalue weighted by Gasteiger charge is -2.00. The number of hydrogen-bond acceptors (Lipinski definition) is 3. The first kappa shape index (κ1) is 8.84. The maximum absolute atomic E-state index is 12.9. The topological polar surface area (TPSA) is 26.0 Å². The standard InChI is InChI=1S/C9H8FNS2/c1-12-7-2-5(11)3-8-6(7)4-9(10)13-8/h2-4H,11H2,1H3. The fraction of sp³-hybridized carbons (Fsp3) is 0.111. The van der Waals surface area contributed by atoms with E-state index < -0.39 is 0 Å². The van der Waals surface area contributed by atoms with Gasteiger partial charge < -0.3 is 5.73 Å². The van der Waals surface area contributed by atoms with Crippen LogP contribution in [0.1, 0.15) is 0 Å². The van der Waals surface area contributed by atoms with Crippen LogP contribution in [0.3, 0.4) is 0 Å². The summed E-state index contributed by atoms with van der Waals surface area (Å²) in [7, 11) is 0. The second-order valence-corrected chi connectivity index (χ2v) is 4.57. The Labute approximate surface area is 83.7 Å². The van der Waals surface area contributed by atoms with Gasteiger partial charge in [-0.3, -0.25) is 0 Å². The van der Waals surface area contributed by atoms with E-state index >= 15 is 0 Å². The van der Waals surface area contributed by atoms with Crippen LogP contribution in [0.4, 0.5) is 10.1 Å². The van der Waals surface area contributed by atoms with E-state index in [1.54, 1.807) is 17.8 Å². The van der Waals surface area contributed by atoms with Crippen molar-refractivity contribution in [1.82, 2.24) is 0 Å². The van der Waals surface area contributed by atoms with Crippen LogP contribution >= 0.6 is 23.1 Å². The summed E-state index contributed by atoms with van der Waals surface area (Å²) < 4.78 is 13.9. The monoisotopic (exact) mass is 213 g/mol. The number of rotatable bonds is 1. The van der Waals surface area contributed by atoms with Gasteiger partial charge in [-0.25, -0.2) is 0 Å². The summed E-state index contributed by atoms with van der Waals surface area (Å²) >= 11 is 2.72. The lowest BCUT2D eigenvalue weighted by atomic mass is 10.2. The van der Waals surface area contributed by atoms with Crippen molar-refractivity contribution in [3.63, 3.8) is 0 Å². The van der Waals surface area contributed by atoms with Crippen LogP contribution < -0.4 is 5.73 Å². The maximum Gasteiger partial charge on any atom is 0.177 e. The molecule has 0 aliphatic carbocycles. The third-order valence-electron chi connectivity index (χ3n) is 1.81. The first-order chi connectivity index (χ1) is 6.20. The van der Waals surface area contributed by atoms with Gasteiger partial charge in [0.2, 0.25) is 0 Å². The zero-order valence-corrected chi connectivity index (χ0v) is 8.64. The molecule has 13 heavy (non-hydrogen) atoms. The van der Waals surface area contributed by atoms with Crippen molar-refractivity contribution >= 4 is 38.9 Å². The minimum Gasteiger partial charge on any atom is -0.399 e. The molecule has 1 nitrogen and oxygen atoms in total. The fourth-order valence-electron chi connectivity index (χ4n) is 1.26. The van der Waals surface area contributed by atoms with Crippen LogP contribution in [0.25, 0.3) is 10.1 Å². The number of fused-ring (bicyclic) bond motifs is 1. The molecule has 0 radical (unpaired) electrons. The SMILES string of the molecule is CSc1cc(N)cc2sc(F)cc12. The van der Waals surface area contributed by atoms with Crippen LogP contribution in [0.2, 0.25) is 0 Å². The molecule has 0 bridgehead atoms. The molecule has 0 aliphatic rings. The number of nitrogens with two attached hydrogens (primary N) is 1. The Morgan fingerprint density at radius 2 is 2.15 bits per heavy atom. The Hall–Kier alpha value is -0.740. The van der Waals surface area contributed by atoms with Gasteiger partial charge in [-0.05, 0) is 24.5 Å². The third kappa shape index (κ3) is 1.51. The number of hydrogen-bond donors (Lipinski definition) is 1. The first-order valence-corrected chi connectivity index (χ1v) is 5.77. The lowest BCUT2D eigenvalue weighted by Crippen LogP contribution is -1.83. The number of nitrogen functional groups attached to an aromatic ring is 1. The van der Waals surface area contributed by atoms with E-state index in [4.69, 9.17) is 5.73 Å². The van der Waals surface area contributed by atoms with Crippen molar-refractivity contribution in [3.05, 3.63) is 23.3 Å². The summed E-state index contributed by atoms with van der Waals surface area (Å²) in [6.45, 7) is 0. The molecule has 1 aromatic heterocycles. The van der Waals surface area contributed by atoms with Crippen molar-refractivity contribution in [2.24, 2.45) is 0 Å². The van der Waals surface area contributed by atoms with E-state index in [9.17, 15) is 4.39 Å². The molecule has 0 fully saturated rings. The van der Waals surface area contributed by atoms with Crippen molar-refractivity contribution in [2.45, 2.75) is 4.90 Å². The molecular weight excluding hydrogens is 205 g/mol. The summed E-state index contributed by atoms with van der Waals surface area (Å²) in [6, 6.07) is 5.24. The summed E-state index contributed by atoms with van der Waals surface area (Å²) in [5, 5.41) is 0.806. The van der Waals surface area contributed by atoms with E-state index in [0.29, 0.717) is 5.69 Å². The molecule has 0 unspecified atom stereocenters. The highest BCUT2D eigenvalue weighted by atomic mass is 32.2. The maximum atomic E-state index is 12.9. The average molecular weight is 213 g/mol. The number of anilines is 1. The van der Waals surface area contributed by atoms with Gasteiger partial charge >= 0.3 is 0 Å². The molecule has 0 saturated heterocycles. The number of thiophene rings is 1. The fourth-order valence-corrected chi connectivity index (χ4v) is 2.83. The van der Waals surface area contributed by atoms with Gasteiger partial charge in [-0.2, -0.15) is 4.39 Å². The highest BCUT2D eigenvalue weighted by Crippen LogP contribution is 2.34. The largest absolute Gasteiger partial charge is 0.399 e. The molecule has 2 aromatic rings. The van der Waals surface area contributed by atoms with Crippen LogP contribution in [-0.2, 0) is 0 Å². The zero-order valence-electron chi connectivity index (χ0n) is 7.00. The lowest BCUT2D eigenvalue weighted by molar-refractivity contribution is 0.658. The number of benzene rings is 1. The molecule has 4 heteroatoms.